The summed E-state index contributed by atoms with van der Waals surface area (Å²) in [6.45, 7) is 3.91. The lowest BCUT2D eigenvalue weighted by Crippen LogP contribution is -2.66. The normalized spacial score (nSPS) is 25.4. The first-order valence-electron chi connectivity index (χ1n) is 11.6. The van der Waals surface area contributed by atoms with Crippen molar-refractivity contribution in [1.82, 2.24) is 4.90 Å². The summed E-state index contributed by atoms with van der Waals surface area (Å²) in [5.41, 5.74) is 0.329. The molecule has 1 aromatic rings. The molecule has 0 saturated carbocycles. The van der Waals surface area contributed by atoms with Crippen LogP contribution in [0.1, 0.15) is 33.3 Å². The van der Waals surface area contributed by atoms with Gasteiger partial charge in [0.05, 0.1) is 9.83 Å². The monoisotopic (exact) mass is 596 g/mol. The number of carbonyl (C=O) groups is 5. The van der Waals surface area contributed by atoms with Crippen molar-refractivity contribution >= 4 is 69.8 Å². The lowest BCUT2D eigenvalue weighted by molar-refractivity contribution is -0.384. The number of hydrogen-bond donors (Lipinski definition) is 0. The first-order valence-corrected chi connectivity index (χ1v) is 12.8. The Bertz CT molecular complexity index is 1260. The number of amides is 1. The van der Waals surface area contributed by atoms with E-state index < -0.39 is 72.0 Å². The molecular formula is C24H24N2O12S2. The van der Waals surface area contributed by atoms with E-state index in [0.29, 0.717) is 5.56 Å². The second-order valence-corrected chi connectivity index (χ2v) is 10.2. The van der Waals surface area contributed by atoms with E-state index in [4.69, 9.17) is 35.9 Å². The van der Waals surface area contributed by atoms with Gasteiger partial charge in [0.15, 0.2) is 28.9 Å². The van der Waals surface area contributed by atoms with Crippen molar-refractivity contribution in [2.24, 2.45) is 0 Å². The predicted molar refractivity (Wildman–Crippen MR) is 140 cm³/mol. The molecule has 2 saturated heterocycles. The second-order valence-electron chi connectivity index (χ2n) is 8.49. The van der Waals surface area contributed by atoms with Gasteiger partial charge in [-0.25, -0.2) is 0 Å². The van der Waals surface area contributed by atoms with Gasteiger partial charge < -0.3 is 23.7 Å². The van der Waals surface area contributed by atoms with Crippen LogP contribution in [-0.4, -0.2) is 81.2 Å². The van der Waals surface area contributed by atoms with E-state index in [-0.39, 0.29) is 14.9 Å². The van der Waals surface area contributed by atoms with Gasteiger partial charge >= 0.3 is 23.9 Å². The van der Waals surface area contributed by atoms with Crippen molar-refractivity contribution in [2.45, 2.75) is 58.3 Å². The fraction of sp³-hybridized carbons (Fsp3) is 0.417. The quantitative estimate of drug-likeness (QED) is 0.106. The van der Waals surface area contributed by atoms with Gasteiger partial charge in [0.2, 0.25) is 0 Å². The molecule has 2 aliphatic rings. The maximum absolute atomic E-state index is 13.5. The lowest BCUT2D eigenvalue weighted by Gasteiger charge is -2.46. The standard InChI is InChI=1S/C24H24N2O12S2/c1-11(27)34-10-17-19(35-12(2)28)20(36-13(3)29)21(37-14(4)30)23(38-17)25-22(31)18(40-24(25)39)9-15-5-7-16(8-6-15)26(32)33/h5-9,17,19-21,23H,10H2,1-4H3/b18-9+/t17-,19-,20+,21-,23-/m1/s1. The van der Waals surface area contributed by atoms with E-state index in [0.717, 1.165) is 44.4 Å². The van der Waals surface area contributed by atoms with Crippen molar-refractivity contribution in [1.29, 1.82) is 0 Å². The third-order valence-corrected chi connectivity index (χ3v) is 6.78. The predicted octanol–water partition coefficient (Wildman–Crippen LogP) is 1.88. The SMILES string of the molecule is CC(=O)OC[C@H]1O[C@@H](N2C(=O)/C(=C\c3ccc([N+](=O)[O-])cc3)SC2=S)[C@H](OC(C)=O)[C@@H](OC(C)=O)[C@@H]1OC(C)=O. The van der Waals surface area contributed by atoms with Gasteiger partial charge in [0.25, 0.3) is 11.6 Å². The van der Waals surface area contributed by atoms with Crippen LogP contribution in [0.5, 0.6) is 0 Å². The summed E-state index contributed by atoms with van der Waals surface area (Å²) in [5, 5.41) is 10.9. The number of nitrogens with zero attached hydrogens (tertiary/aromatic N) is 2. The van der Waals surface area contributed by atoms with Crippen LogP contribution >= 0.6 is 24.0 Å². The third kappa shape index (κ3) is 7.40. The van der Waals surface area contributed by atoms with Crippen LogP contribution in [0.2, 0.25) is 0 Å². The van der Waals surface area contributed by atoms with Crippen molar-refractivity contribution < 1.29 is 52.6 Å². The number of thioether (sulfide) groups is 1. The Morgan fingerprint density at radius 1 is 0.975 bits per heavy atom. The molecule has 2 heterocycles. The summed E-state index contributed by atoms with van der Waals surface area (Å²) in [7, 11) is 0. The molecule has 0 radical (unpaired) electrons. The number of ether oxygens (including phenoxy) is 5. The van der Waals surface area contributed by atoms with Crippen molar-refractivity contribution in [3.63, 3.8) is 0 Å². The van der Waals surface area contributed by atoms with Gasteiger partial charge in [-0.1, -0.05) is 24.0 Å². The van der Waals surface area contributed by atoms with E-state index in [1.165, 1.54) is 30.3 Å². The number of nitro groups is 1. The maximum atomic E-state index is 13.5. The minimum absolute atomic E-state index is 0.0148. The highest BCUT2D eigenvalue weighted by Crippen LogP contribution is 2.39. The fourth-order valence-corrected chi connectivity index (χ4v) is 5.27. The lowest BCUT2D eigenvalue weighted by atomic mass is 9.96. The number of benzene rings is 1. The van der Waals surface area contributed by atoms with Gasteiger partial charge in [-0.15, -0.1) is 0 Å². The van der Waals surface area contributed by atoms with E-state index >= 15 is 0 Å². The van der Waals surface area contributed by atoms with Crippen LogP contribution in [-0.2, 0) is 47.7 Å². The molecule has 2 aliphatic heterocycles. The minimum Gasteiger partial charge on any atom is -0.463 e. The molecule has 5 atom stereocenters. The van der Waals surface area contributed by atoms with E-state index in [9.17, 15) is 34.1 Å². The minimum atomic E-state index is -1.51. The first-order chi connectivity index (χ1) is 18.8. The summed E-state index contributed by atoms with van der Waals surface area (Å²) in [5.74, 6) is -3.81. The molecule has 40 heavy (non-hydrogen) atoms. The summed E-state index contributed by atoms with van der Waals surface area (Å²) in [6.07, 6.45) is -5.69. The average Bonchev–Trinajstić information content (AvgIpc) is 3.12. The number of rotatable bonds is 8. The molecule has 0 bridgehead atoms. The molecule has 2 fully saturated rings. The Morgan fingerprint density at radius 3 is 2.05 bits per heavy atom. The Labute approximate surface area is 237 Å². The molecule has 1 amide bonds. The molecule has 0 unspecified atom stereocenters. The third-order valence-electron chi connectivity index (χ3n) is 5.45. The highest BCUT2D eigenvalue weighted by Gasteiger charge is 2.56. The van der Waals surface area contributed by atoms with Gasteiger partial charge in [-0.05, 0) is 23.8 Å². The van der Waals surface area contributed by atoms with Crippen molar-refractivity contribution in [2.75, 3.05) is 6.61 Å². The smallest absolute Gasteiger partial charge is 0.303 e. The molecule has 0 aliphatic carbocycles. The molecule has 3 rings (SSSR count). The molecule has 214 valence electrons. The van der Waals surface area contributed by atoms with E-state index in [2.05, 4.69) is 0 Å². The molecular weight excluding hydrogens is 572 g/mol. The Kier molecular flexibility index (Phi) is 9.94. The molecule has 1 aromatic carbocycles. The van der Waals surface area contributed by atoms with E-state index in [1.807, 2.05) is 0 Å². The summed E-state index contributed by atoms with van der Waals surface area (Å²) in [6, 6.07) is 5.43. The van der Waals surface area contributed by atoms with Crippen molar-refractivity contribution in [3.05, 3.63) is 44.8 Å². The van der Waals surface area contributed by atoms with Gasteiger partial charge in [-0.2, -0.15) is 0 Å². The maximum Gasteiger partial charge on any atom is 0.303 e. The first kappa shape index (κ1) is 30.6. The number of nitro benzene ring substituents is 1. The van der Waals surface area contributed by atoms with Crippen molar-refractivity contribution in [3.8, 4) is 0 Å². The summed E-state index contributed by atoms with van der Waals surface area (Å²) in [4.78, 5) is 72.6. The number of hydrogen-bond acceptors (Lipinski definition) is 14. The average molecular weight is 597 g/mol. The molecule has 0 spiro atoms. The number of thiocarbonyl (C=S) groups is 1. The molecule has 14 nitrogen and oxygen atoms in total. The van der Waals surface area contributed by atoms with Gasteiger partial charge in [-0.3, -0.25) is 39.0 Å². The van der Waals surface area contributed by atoms with Crippen LogP contribution in [0, 0.1) is 10.1 Å². The summed E-state index contributed by atoms with van der Waals surface area (Å²) < 4.78 is 27.2. The Hall–Kier alpha value is -3.89. The number of non-ortho nitro benzene ring substituents is 1. The second kappa shape index (κ2) is 13.0. The highest BCUT2D eigenvalue weighted by atomic mass is 32.2. The van der Waals surface area contributed by atoms with Gasteiger partial charge in [0, 0.05) is 39.8 Å². The van der Waals surface area contributed by atoms with Gasteiger partial charge in [0.1, 0.15) is 12.7 Å². The zero-order valence-electron chi connectivity index (χ0n) is 21.6. The van der Waals surface area contributed by atoms with Crippen LogP contribution in [0.15, 0.2) is 29.2 Å². The highest BCUT2D eigenvalue weighted by molar-refractivity contribution is 8.26. The van der Waals surface area contributed by atoms with Crippen LogP contribution in [0.25, 0.3) is 6.08 Å². The zero-order chi connectivity index (χ0) is 29.7. The molecule has 0 N–H and O–H groups in total. The zero-order valence-corrected chi connectivity index (χ0v) is 23.2. The molecule has 16 heteroatoms. The van der Waals surface area contributed by atoms with Crippen LogP contribution < -0.4 is 0 Å². The fourth-order valence-electron chi connectivity index (χ4n) is 3.96. The summed E-state index contributed by atoms with van der Waals surface area (Å²) >= 11 is 6.31. The largest absolute Gasteiger partial charge is 0.463 e. The van der Waals surface area contributed by atoms with E-state index in [1.54, 1.807) is 0 Å². The van der Waals surface area contributed by atoms with Crippen LogP contribution in [0.4, 0.5) is 5.69 Å². The van der Waals surface area contributed by atoms with Crippen LogP contribution in [0.3, 0.4) is 0 Å². The Balaban J connectivity index is 2.03. The molecule has 0 aromatic heterocycles. The number of carbonyl (C=O) groups excluding carboxylic acids is 5. The Morgan fingerprint density at radius 2 is 1.52 bits per heavy atom. The topological polar surface area (TPSA) is 178 Å². The number of esters is 4.